The van der Waals surface area contributed by atoms with Crippen molar-refractivity contribution in [3.8, 4) is 12.3 Å². The largest absolute Gasteiger partial charge is 0.413 e. The summed E-state index contributed by atoms with van der Waals surface area (Å²) < 4.78 is 21.8. The molecule has 2 heterocycles. The van der Waals surface area contributed by atoms with Gasteiger partial charge in [-0.3, -0.25) is 4.57 Å². The highest BCUT2D eigenvalue weighted by atomic mass is 28.4. The summed E-state index contributed by atoms with van der Waals surface area (Å²) in [6.45, 7) is 26.3. The maximum Gasteiger partial charge on any atom is 0.351 e. The van der Waals surface area contributed by atoms with Crippen LogP contribution in [-0.4, -0.2) is 55.7 Å². The van der Waals surface area contributed by atoms with Crippen molar-refractivity contribution in [3.63, 3.8) is 0 Å². The predicted molar refractivity (Wildman–Crippen MR) is 164 cm³/mol. The second kappa shape index (κ2) is 12.6. The third-order valence-electron chi connectivity index (χ3n) is 9.07. The van der Waals surface area contributed by atoms with Gasteiger partial charge < -0.3 is 24.4 Å². The number of nitrogen functional groups attached to an aromatic ring is 1. The van der Waals surface area contributed by atoms with Gasteiger partial charge in [0.2, 0.25) is 8.32 Å². The van der Waals surface area contributed by atoms with E-state index in [1.807, 2.05) is 0 Å². The molecule has 0 amide bonds. The number of terminal acetylenes is 1. The molecular formula is C29H53N3O5Si2. The van der Waals surface area contributed by atoms with Gasteiger partial charge in [0, 0.05) is 6.20 Å². The highest BCUT2D eigenvalue weighted by Gasteiger charge is 2.61. The number of aromatic nitrogens is 2. The first-order valence-electron chi connectivity index (χ1n) is 14.4. The molecule has 2 rings (SSSR count). The summed E-state index contributed by atoms with van der Waals surface area (Å²) in [6, 6.07) is 1.53. The zero-order valence-electron chi connectivity index (χ0n) is 26.2. The third kappa shape index (κ3) is 5.95. The number of ether oxygens (including phenoxy) is 1. The van der Waals surface area contributed by atoms with Gasteiger partial charge in [-0.1, -0.05) is 89.0 Å². The van der Waals surface area contributed by atoms with Gasteiger partial charge in [0.1, 0.15) is 18.0 Å². The van der Waals surface area contributed by atoms with Crippen LogP contribution in [0.15, 0.2) is 17.1 Å². The molecule has 8 nitrogen and oxygen atoms in total. The minimum atomic E-state index is -2.57. The van der Waals surface area contributed by atoms with Crippen molar-refractivity contribution in [1.82, 2.24) is 9.55 Å². The van der Waals surface area contributed by atoms with Crippen LogP contribution in [0.3, 0.4) is 0 Å². The van der Waals surface area contributed by atoms with E-state index in [4.69, 9.17) is 25.7 Å². The van der Waals surface area contributed by atoms with Crippen LogP contribution in [0.4, 0.5) is 5.82 Å². The van der Waals surface area contributed by atoms with Gasteiger partial charge in [0.25, 0.3) is 0 Å². The zero-order chi connectivity index (χ0) is 30.1. The topological polar surface area (TPSA) is 109 Å². The Morgan fingerprint density at radius 1 is 1.00 bits per heavy atom. The number of nitrogens with two attached hydrogens (primary N) is 1. The molecule has 1 aromatic rings. The van der Waals surface area contributed by atoms with E-state index in [0.717, 1.165) is 0 Å². The minimum absolute atomic E-state index is 0.106. The van der Waals surface area contributed by atoms with Crippen molar-refractivity contribution in [2.24, 2.45) is 0 Å². The molecule has 1 aliphatic heterocycles. The Balaban J connectivity index is 2.69. The second-order valence-corrected chi connectivity index (χ2v) is 23.9. The van der Waals surface area contributed by atoms with Crippen LogP contribution in [0, 0.1) is 12.3 Å². The summed E-state index contributed by atoms with van der Waals surface area (Å²) in [7, 11) is -4.87. The lowest BCUT2D eigenvalue weighted by Gasteiger charge is -2.46. The molecule has 39 heavy (non-hydrogen) atoms. The number of hydrogen-bond donors (Lipinski definition) is 2. The Morgan fingerprint density at radius 2 is 1.46 bits per heavy atom. The van der Waals surface area contributed by atoms with E-state index < -0.39 is 46.4 Å². The maximum absolute atomic E-state index is 13.0. The van der Waals surface area contributed by atoms with E-state index in [0.29, 0.717) is 16.6 Å². The highest BCUT2D eigenvalue weighted by molar-refractivity contribution is 6.78. The summed E-state index contributed by atoms with van der Waals surface area (Å²) in [6.07, 6.45) is 4.75. The van der Waals surface area contributed by atoms with Crippen molar-refractivity contribution < 1.29 is 18.7 Å². The SMILES string of the molecule is C#C[C@@]1(O)[C@@H](CO[Si](C(C)C)(C(C)C)C(C)C)O[C@@H](n2ccc(N)nc2=O)[C@@H]1O[Si](C(C)C)(C(C)C)C(C)C. The first-order valence-corrected chi connectivity index (χ1v) is 18.7. The van der Waals surface area contributed by atoms with Gasteiger partial charge in [-0.15, -0.1) is 6.42 Å². The van der Waals surface area contributed by atoms with E-state index in [1.165, 1.54) is 16.8 Å². The molecule has 3 N–H and O–H groups in total. The summed E-state index contributed by atoms with van der Waals surface area (Å²) in [5.74, 6) is 2.74. The molecule has 1 saturated heterocycles. The molecule has 0 saturated carbocycles. The highest BCUT2D eigenvalue weighted by Crippen LogP contribution is 2.49. The Hall–Kier alpha value is -1.49. The van der Waals surface area contributed by atoms with Gasteiger partial charge in [-0.2, -0.15) is 4.98 Å². The van der Waals surface area contributed by atoms with Crippen molar-refractivity contribution in [2.45, 2.75) is 140 Å². The lowest BCUT2D eigenvalue weighted by atomic mass is 9.93. The van der Waals surface area contributed by atoms with Crippen LogP contribution in [0.2, 0.25) is 33.2 Å². The van der Waals surface area contributed by atoms with Crippen molar-refractivity contribution in [2.75, 3.05) is 12.3 Å². The normalized spacial score (nSPS) is 24.6. The predicted octanol–water partition coefficient (Wildman–Crippen LogP) is 5.84. The fraction of sp³-hybridized carbons (Fsp3) is 0.793. The number of aliphatic hydroxyl groups is 1. The summed E-state index contributed by atoms with van der Waals surface area (Å²) in [5, 5.41) is 12.2. The Morgan fingerprint density at radius 3 is 1.85 bits per heavy atom. The summed E-state index contributed by atoms with van der Waals surface area (Å²) >= 11 is 0. The van der Waals surface area contributed by atoms with Crippen molar-refractivity contribution in [3.05, 3.63) is 22.7 Å². The summed E-state index contributed by atoms with van der Waals surface area (Å²) in [5.41, 5.74) is 5.06. The lowest BCUT2D eigenvalue weighted by Crippen LogP contribution is -2.59. The summed E-state index contributed by atoms with van der Waals surface area (Å²) in [4.78, 5) is 16.9. The molecule has 1 aromatic heterocycles. The molecule has 10 heteroatoms. The van der Waals surface area contributed by atoms with Gasteiger partial charge in [-0.25, -0.2) is 4.79 Å². The fourth-order valence-electron chi connectivity index (χ4n) is 7.41. The standard InChI is InChI=1S/C29H53N3O5Si2/c1-14-29(34)24(17-35-38(18(2)3,19(4)5)20(6)7)36-27(32-16-15-25(30)31-28(32)33)26(29)37-39(21(8)9,22(10)11)23(12)13/h1,15-16,18-24,26-27,34H,17H2,2-13H3,(H2,30,31,33)/t24-,26+,27-,29-/m1/s1. The third-order valence-corrected chi connectivity index (χ3v) is 21.2. The minimum Gasteiger partial charge on any atom is -0.413 e. The van der Waals surface area contributed by atoms with Crippen LogP contribution in [-0.2, 0) is 13.6 Å². The van der Waals surface area contributed by atoms with Crippen molar-refractivity contribution >= 4 is 22.5 Å². The smallest absolute Gasteiger partial charge is 0.351 e. The average Bonchev–Trinajstić information content (AvgIpc) is 3.07. The lowest BCUT2D eigenvalue weighted by molar-refractivity contribution is -0.0603. The number of hydrogen-bond acceptors (Lipinski definition) is 7. The number of anilines is 1. The van der Waals surface area contributed by atoms with E-state index >= 15 is 0 Å². The van der Waals surface area contributed by atoms with Gasteiger partial charge >= 0.3 is 5.69 Å². The molecule has 0 unspecified atom stereocenters. The van der Waals surface area contributed by atoms with Gasteiger partial charge in [0.05, 0.1) is 6.61 Å². The molecule has 0 aromatic carbocycles. The number of nitrogens with zero attached hydrogens (tertiary/aromatic N) is 2. The van der Waals surface area contributed by atoms with Gasteiger partial charge in [-0.05, 0) is 39.3 Å². The quantitative estimate of drug-likeness (QED) is 0.236. The van der Waals surface area contributed by atoms with Crippen LogP contribution < -0.4 is 11.4 Å². The molecule has 1 aliphatic rings. The number of rotatable bonds is 12. The van der Waals surface area contributed by atoms with E-state index in [9.17, 15) is 9.90 Å². The molecule has 1 fully saturated rings. The average molecular weight is 580 g/mol. The maximum atomic E-state index is 13.0. The fourth-order valence-corrected chi connectivity index (χ4v) is 18.4. The molecule has 0 radical (unpaired) electrons. The zero-order valence-corrected chi connectivity index (χ0v) is 28.2. The second-order valence-electron chi connectivity index (χ2n) is 13.0. The molecule has 0 spiro atoms. The van der Waals surface area contributed by atoms with Crippen LogP contribution in [0.5, 0.6) is 0 Å². The molecule has 0 aliphatic carbocycles. The van der Waals surface area contributed by atoms with E-state index in [2.05, 4.69) is 94.0 Å². The van der Waals surface area contributed by atoms with E-state index in [-0.39, 0.29) is 29.0 Å². The first-order chi connectivity index (χ1) is 17.9. The molecule has 4 atom stereocenters. The van der Waals surface area contributed by atoms with Gasteiger partial charge in [0.15, 0.2) is 20.1 Å². The Labute approximate surface area is 238 Å². The van der Waals surface area contributed by atoms with E-state index in [1.54, 1.807) is 0 Å². The van der Waals surface area contributed by atoms with Crippen LogP contribution in [0.25, 0.3) is 0 Å². The molecule has 222 valence electrons. The molecular weight excluding hydrogens is 527 g/mol. The first kappa shape index (κ1) is 33.7. The van der Waals surface area contributed by atoms with Crippen LogP contribution in [0.1, 0.15) is 89.3 Å². The monoisotopic (exact) mass is 579 g/mol. The van der Waals surface area contributed by atoms with Crippen LogP contribution >= 0.6 is 0 Å². The Bertz CT molecular complexity index is 1020. The molecule has 0 bridgehead atoms. The Kier molecular flexibility index (Phi) is 10.9. The van der Waals surface area contributed by atoms with Crippen molar-refractivity contribution in [1.29, 1.82) is 0 Å².